The molecule has 2 rings (SSSR count). The molecule has 27 heavy (non-hydrogen) atoms. The van der Waals surface area contributed by atoms with Gasteiger partial charge in [-0.25, -0.2) is 13.1 Å². The summed E-state index contributed by atoms with van der Waals surface area (Å²) in [6.45, 7) is 3.10. The van der Waals surface area contributed by atoms with Crippen molar-refractivity contribution in [2.24, 2.45) is 0 Å². The van der Waals surface area contributed by atoms with Crippen molar-refractivity contribution in [3.63, 3.8) is 0 Å². The first-order valence-electron chi connectivity index (χ1n) is 7.97. The summed E-state index contributed by atoms with van der Waals surface area (Å²) in [4.78, 5) is 22.2. The molecule has 2 N–H and O–H groups in total. The van der Waals surface area contributed by atoms with Gasteiger partial charge in [-0.15, -0.1) is 0 Å². The van der Waals surface area contributed by atoms with Gasteiger partial charge in [0.15, 0.2) is 6.61 Å². The second-order valence-electron chi connectivity index (χ2n) is 5.89. The predicted molar refractivity (Wildman–Crippen MR) is 99.1 cm³/mol. The summed E-state index contributed by atoms with van der Waals surface area (Å²) in [5.41, 5.74) is 0.138. The van der Waals surface area contributed by atoms with E-state index in [1.54, 1.807) is 13.8 Å². The molecule has 0 aliphatic carbocycles. The highest BCUT2D eigenvalue weighted by Gasteiger charge is 2.15. The van der Waals surface area contributed by atoms with E-state index in [2.05, 4.69) is 10.0 Å². The summed E-state index contributed by atoms with van der Waals surface area (Å²) < 4.78 is 31.8. The Labute approximate surface area is 156 Å². The third-order valence-corrected chi connectivity index (χ3v) is 4.91. The molecular weight excluding hydrogens is 374 g/mol. The number of hydrogen-bond donors (Lipinski definition) is 2. The zero-order valence-corrected chi connectivity index (χ0v) is 15.5. The standard InChI is InChI=1S/C17H19N3O6S/c1-12(2)19-27(24,25)16-8-6-15(7-9-16)26-11-17(21)18-13-4-3-5-14(10-13)20(22)23/h3-10,12,19H,11H2,1-2H3,(H,18,21). The van der Waals surface area contributed by atoms with Crippen molar-refractivity contribution in [3.8, 4) is 5.75 Å². The second-order valence-corrected chi connectivity index (χ2v) is 7.61. The lowest BCUT2D eigenvalue weighted by Gasteiger charge is -2.11. The van der Waals surface area contributed by atoms with Crippen LogP contribution < -0.4 is 14.8 Å². The van der Waals surface area contributed by atoms with Gasteiger partial charge in [-0.3, -0.25) is 14.9 Å². The van der Waals surface area contributed by atoms with Crippen LogP contribution >= 0.6 is 0 Å². The first-order valence-corrected chi connectivity index (χ1v) is 9.45. The van der Waals surface area contributed by atoms with Gasteiger partial charge >= 0.3 is 0 Å². The minimum atomic E-state index is -3.60. The van der Waals surface area contributed by atoms with E-state index in [0.29, 0.717) is 5.75 Å². The summed E-state index contributed by atoms with van der Waals surface area (Å²) in [7, 11) is -3.60. The monoisotopic (exact) mass is 393 g/mol. The lowest BCUT2D eigenvalue weighted by Crippen LogP contribution is -2.30. The number of nitrogens with one attached hydrogen (secondary N) is 2. The molecule has 0 heterocycles. The van der Waals surface area contributed by atoms with Crippen LogP contribution in [0.15, 0.2) is 53.4 Å². The fourth-order valence-corrected chi connectivity index (χ4v) is 3.39. The number of nitro benzene ring substituents is 1. The van der Waals surface area contributed by atoms with E-state index in [-0.39, 0.29) is 28.9 Å². The number of nitrogens with zero attached hydrogens (tertiary/aromatic N) is 1. The van der Waals surface area contributed by atoms with Crippen molar-refractivity contribution in [1.29, 1.82) is 0 Å². The van der Waals surface area contributed by atoms with E-state index in [4.69, 9.17) is 4.74 Å². The third-order valence-electron chi connectivity index (χ3n) is 3.24. The Morgan fingerprint density at radius 2 is 1.85 bits per heavy atom. The molecule has 0 fully saturated rings. The van der Waals surface area contributed by atoms with Crippen LogP contribution in [0.1, 0.15) is 13.8 Å². The van der Waals surface area contributed by atoms with Gasteiger partial charge in [-0.1, -0.05) is 6.07 Å². The van der Waals surface area contributed by atoms with Gasteiger partial charge in [0.2, 0.25) is 10.0 Å². The average Bonchev–Trinajstić information content (AvgIpc) is 2.59. The van der Waals surface area contributed by atoms with Crippen molar-refractivity contribution in [2.45, 2.75) is 24.8 Å². The first-order chi connectivity index (χ1) is 12.7. The van der Waals surface area contributed by atoms with Crippen molar-refractivity contribution in [1.82, 2.24) is 4.72 Å². The molecule has 0 atom stereocenters. The van der Waals surface area contributed by atoms with Crippen LogP contribution in [0.5, 0.6) is 5.75 Å². The summed E-state index contributed by atoms with van der Waals surface area (Å²) in [6, 6.07) is 10.9. The number of ether oxygens (including phenoxy) is 1. The minimum Gasteiger partial charge on any atom is -0.484 e. The summed E-state index contributed by atoms with van der Waals surface area (Å²) in [5.74, 6) is -0.193. The molecule has 1 amide bonds. The Kier molecular flexibility index (Phi) is 6.48. The SMILES string of the molecule is CC(C)NS(=O)(=O)c1ccc(OCC(=O)Nc2cccc([N+](=O)[O-])c2)cc1. The zero-order valence-electron chi connectivity index (χ0n) is 14.7. The highest BCUT2D eigenvalue weighted by Crippen LogP contribution is 2.18. The molecule has 0 aliphatic rings. The number of rotatable bonds is 8. The van der Waals surface area contributed by atoms with E-state index in [1.807, 2.05) is 0 Å². The van der Waals surface area contributed by atoms with Crippen molar-refractivity contribution >= 4 is 27.3 Å². The quantitative estimate of drug-likeness (QED) is 0.523. The van der Waals surface area contributed by atoms with Crippen molar-refractivity contribution in [3.05, 3.63) is 58.6 Å². The van der Waals surface area contributed by atoms with Gasteiger partial charge in [0.1, 0.15) is 5.75 Å². The molecule has 10 heteroatoms. The molecule has 0 aromatic heterocycles. The van der Waals surface area contributed by atoms with Crippen molar-refractivity contribution in [2.75, 3.05) is 11.9 Å². The van der Waals surface area contributed by atoms with E-state index >= 15 is 0 Å². The molecule has 0 saturated heterocycles. The maximum absolute atomic E-state index is 12.0. The number of benzene rings is 2. The molecule has 144 valence electrons. The van der Waals surface area contributed by atoms with E-state index in [0.717, 1.165) is 0 Å². The Morgan fingerprint density at radius 1 is 1.19 bits per heavy atom. The highest BCUT2D eigenvalue weighted by molar-refractivity contribution is 7.89. The number of sulfonamides is 1. The van der Waals surface area contributed by atoms with Gasteiger partial charge in [0, 0.05) is 23.9 Å². The maximum Gasteiger partial charge on any atom is 0.271 e. The van der Waals surface area contributed by atoms with Crippen LogP contribution in [0.4, 0.5) is 11.4 Å². The van der Waals surface area contributed by atoms with Crippen molar-refractivity contribution < 1.29 is 22.9 Å². The van der Waals surface area contributed by atoms with Gasteiger partial charge in [0.25, 0.3) is 11.6 Å². The number of anilines is 1. The average molecular weight is 393 g/mol. The van der Waals surface area contributed by atoms with Crippen LogP contribution in [0.2, 0.25) is 0 Å². The summed E-state index contributed by atoms with van der Waals surface area (Å²) in [6.07, 6.45) is 0. The van der Waals surface area contributed by atoms with Crippen LogP contribution in [-0.2, 0) is 14.8 Å². The molecule has 0 bridgehead atoms. The zero-order chi connectivity index (χ0) is 20.0. The lowest BCUT2D eigenvalue weighted by atomic mass is 10.3. The van der Waals surface area contributed by atoms with Gasteiger partial charge in [0.05, 0.1) is 9.82 Å². The number of carbonyl (C=O) groups excluding carboxylic acids is 1. The predicted octanol–water partition coefficient (Wildman–Crippen LogP) is 2.30. The normalized spacial score (nSPS) is 11.2. The summed E-state index contributed by atoms with van der Waals surface area (Å²) in [5, 5.41) is 13.2. The Morgan fingerprint density at radius 3 is 2.44 bits per heavy atom. The number of carbonyl (C=O) groups is 1. The summed E-state index contributed by atoms with van der Waals surface area (Å²) >= 11 is 0. The molecule has 9 nitrogen and oxygen atoms in total. The van der Waals surface area contributed by atoms with Crippen LogP contribution in [0.3, 0.4) is 0 Å². The molecule has 2 aromatic rings. The highest BCUT2D eigenvalue weighted by atomic mass is 32.2. The van der Waals surface area contributed by atoms with E-state index < -0.39 is 20.9 Å². The van der Waals surface area contributed by atoms with Crippen LogP contribution in [0.25, 0.3) is 0 Å². The van der Waals surface area contributed by atoms with Crippen LogP contribution in [0, 0.1) is 10.1 Å². The van der Waals surface area contributed by atoms with Crippen LogP contribution in [-0.4, -0.2) is 31.9 Å². The fourth-order valence-electron chi connectivity index (χ4n) is 2.14. The molecule has 0 unspecified atom stereocenters. The minimum absolute atomic E-state index is 0.0876. The fraction of sp³-hybridized carbons (Fsp3) is 0.235. The number of nitro groups is 1. The Balaban J connectivity index is 1.94. The van der Waals surface area contributed by atoms with Gasteiger partial charge in [-0.2, -0.15) is 0 Å². The molecular formula is C17H19N3O6S. The Bertz CT molecular complexity index is 926. The number of non-ortho nitro benzene ring substituents is 1. The first kappa shape index (κ1) is 20.3. The van der Waals surface area contributed by atoms with E-state index in [1.165, 1.54) is 48.5 Å². The molecule has 0 aliphatic heterocycles. The molecule has 0 saturated carbocycles. The topological polar surface area (TPSA) is 128 Å². The molecule has 0 radical (unpaired) electrons. The lowest BCUT2D eigenvalue weighted by molar-refractivity contribution is -0.384. The largest absolute Gasteiger partial charge is 0.484 e. The smallest absolute Gasteiger partial charge is 0.271 e. The van der Waals surface area contributed by atoms with E-state index in [9.17, 15) is 23.3 Å². The molecule has 0 spiro atoms. The third kappa shape index (κ3) is 6.04. The Hall–Kier alpha value is -2.98. The number of hydrogen-bond acceptors (Lipinski definition) is 6. The van der Waals surface area contributed by atoms with Gasteiger partial charge < -0.3 is 10.1 Å². The molecule has 2 aromatic carbocycles. The second kappa shape index (κ2) is 8.60. The number of amides is 1. The maximum atomic E-state index is 12.0. The van der Waals surface area contributed by atoms with Gasteiger partial charge in [-0.05, 0) is 44.2 Å².